The van der Waals surface area contributed by atoms with Crippen molar-refractivity contribution in [1.29, 1.82) is 0 Å². The highest BCUT2D eigenvalue weighted by atomic mass is 35.5. The Morgan fingerprint density at radius 2 is 1.85 bits per heavy atom. The molecule has 2 rings (SSSR count). The van der Waals surface area contributed by atoms with E-state index in [1.807, 2.05) is 0 Å². The first-order valence-corrected chi connectivity index (χ1v) is 11.8. The highest BCUT2D eigenvalue weighted by Crippen LogP contribution is 2.30. The van der Waals surface area contributed by atoms with Crippen LogP contribution in [0.2, 0.25) is 10.0 Å². The van der Waals surface area contributed by atoms with Gasteiger partial charge in [-0.2, -0.15) is 0 Å². The lowest BCUT2D eigenvalue weighted by Crippen LogP contribution is -2.41. The predicted octanol–water partition coefficient (Wildman–Crippen LogP) is 3.14. The highest BCUT2D eigenvalue weighted by Gasteiger charge is 2.23. The van der Waals surface area contributed by atoms with E-state index in [9.17, 15) is 13.2 Å². The van der Waals surface area contributed by atoms with Crippen molar-refractivity contribution in [1.82, 2.24) is 10.2 Å². The smallest absolute Gasteiger partial charge is 0.240 e. The van der Waals surface area contributed by atoms with Gasteiger partial charge in [0.1, 0.15) is 6.54 Å². The van der Waals surface area contributed by atoms with Crippen LogP contribution in [0.4, 0.5) is 5.69 Å². The number of hydrogen-bond donors (Lipinski definition) is 1. The number of carbonyl (C=O) groups is 1. The van der Waals surface area contributed by atoms with Crippen LogP contribution < -0.4 is 9.62 Å². The molecule has 1 amide bonds. The van der Waals surface area contributed by atoms with Gasteiger partial charge in [0.2, 0.25) is 15.9 Å². The molecule has 1 aliphatic heterocycles. The zero-order valence-corrected chi connectivity index (χ0v) is 17.9. The van der Waals surface area contributed by atoms with Gasteiger partial charge in [0.15, 0.2) is 0 Å². The van der Waals surface area contributed by atoms with Crippen molar-refractivity contribution >= 4 is 44.8 Å². The largest absolute Gasteiger partial charge is 0.354 e. The lowest BCUT2D eigenvalue weighted by molar-refractivity contribution is -0.119. The lowest BCUT2D eigenvalue weighted by Gasteiger charge is -2.23. The van der Waals surface area contributed by atoms with Crippen molar-refractivity contribution in [3.8, 4) is 0 Å². The van der Waals surface area contributed by atoms with Gasteiger partial charge in [-0.1, -0.05) is 36.0 Å². The number of benzene rings is 1. The summed E-state index contributed by atoms with van der Waals surface area (Å²) >= 11 is 12.0. The third-order valence-corrected chi connectivity index (χ3v) is 6.20. The van der Waals surface area contributed by atoms with E-state index >= 15 is 0 Å². The Kier molecular flexibility index (Phi) is 8.66. The molecule has 6 nitrogen and oxygen atoms in total. The maximum atomic E-state index is 12.3. The van der Waals surface area contributed by atoms with Crippen LogP contribution in [0.3, 0.4) is 0 Å². The molecule has 9 heteroatoms. The second-order valence-electron chi connectivity index (χ2n) is 6.82. The molecular formula is C18H27Cl2N3O3S. The minimum absolute atomic E-state index is 0.182. The maximum absolute atomic E-state index is 12.3. The van der Waals surface area contributed by atoms with Crippen LogP contribution in [0.1, 0.15) is 32.1 Å². The van der Waals surface area contributed by atoms with Crippen molar-refractivity contribution < 1.29 is 13.2 Å². The van der Waals surface area contributed by atoms with Gasteiger partial charge in [-0.3, -0.25) is 9.10 Å². The van der Waals surface area contributed by atoms with E-state index in [4.69, 9.17) is 23.2 Å². The Balaban J connectivity index is 1.87. The number of halogens is 2. The SMILES string of the molecule is CS(=O)(=O)N(CC(=O)NCCCN1CCCCCC1)c1ccc(Cl)cc1Cl. The summed E-state index contributed by atoms with van der Waals surface area (Å²) in [6.45, 7) is 3.38. The number of sulfonamides is 1. The van der Waals surface area contributed by atoms with Crippen LogP contribution in [0.5, 0.6) is 0 Å². The Bertz CT molecular complexity index is 735. The normalized spacial score (nSPS) is 16.0. The summed E-state index contributed by atoms with van der Waals surface area (Å²) in [5, 5.41) is 3.38. The molecule has 0 saturated carbocycles. The minimum Gasteiger partial charge on any atom is -0.354 e. The molecule has 1 saturated heterocycles. The summed E-state index contributed by atoms with van der Waals surface area (Å²) in [5.74, 6) is -0.359. The van der Waals surface area contributed by atoms with Crippen LogP contribution in [0, 0.1) is 0 Å². The van der Waals surface area contributed by atoms with Gasteiger partial charge in [0, 0.05) is 11.6 Å². The first kappa shape index (κ1) is 22.3. The third kappa shape index (κ3) is 7.49. The zero-order chi connectivity index (χ0) is 19.9. The average molecular weight is 436 g/mol. The highest BCUT2D eigenvalue weighted by molar-refractivity contribution is 7.92. The molecule has 27 heavy (non-hydrogen) atoms. The van der Waals surface area contributed by atoms with E-state index in [2.05, 4.69) is 10.2 Å². The Hall–Kier alpha value is -1.02. The quantitative estimate of drug-likeness (QED) is 0.636. The van der Waals surface area contributed by atoms with E-state index in [-0.39, 0.29) is 23.2 Å². The van der Waals surface area contributed by atoms with Crippen molar-refractivity contribution in [3.63, 3.8) is 0 Å². The lowest BCUT2D eigenvalue weighted by atomic mass is 10.2. The number of nitrogens with one attached hydrogen (secondary N) is 1. The molecule has 0 spiro atoms. The van der Waals surface area contributed by atoms with Gasteiger partial charge in [0.05, 0.1) is 17.0 Å². The van der Waals surface area contributed by atoms with Crippen molar-refractivity contribution in [2.24, 2.45) is 0 Å². The monoisotopic (exact) mass is 435 g/mol. The molecule has 1 N–H and O–H groups in total. The number of anilines is 1. The first-order valence-electron chi connectivity index (χ1n) is 9.19. The summed E-state index contributed by atoms with van der Waals surface area (Å²) in [5.41, 5.74) is 0.239. The molecule has 1 aliphatic rings. The molecule has 0 atom stereocenters. The van der Waals surface area contributed by atoms with Gasteiger partial charge in [-0.15, -0.1) is 0 Å². The third-order valence-electron chi connectivity index (χ3n) is 4.54. The average Bonchev–Trinajstić information content (AvgIpc) is 2.85. The Morgan fingerprint density at radius 1 is 1.19 bits per heavy atom. The van der Waals surface area contributed by atoms with Crippen LogP contribution in [0.15, 0.2) is 18.2 Å². The summed E-state index contributed by atoms with van der Waals surface area (Å²) in [7, 11) is -3.66. The molecule has 1 aromatic rings. The fourth-order valence-corrected chi connectivity index (χ4v) is 4.57. The number of nitrogens with zero attached hydrogens (tertiary/aromatic N) is 2. The summed E-state index contributed by atoms with van der Waals surface area (Å²) < 4.78 is 25.2. The molecule has 152 valence electrons. The maximum Gasteiger partial charge on any atom is 0.240 e. The number of amides is 1. The van der Waals surface area contributed by atoms with Crippen LogP contribution in [-0.4, -0.2) is 58.2 Å². The molecule has 0 aromatic heterocycles. The first-order chi connectivity index (χ1) is 12.8. The summed E-state index contributed by atoms with van der Waals surface area (Å²) in [6.07, 6.45) is 6.94. The van der Waals surface area contributed by atoms with Crippen LogP contribution in [0.25, 0.3) is 0 Å². The standard InChI is InChI=1S/C18H27Cl2N3O3S/c1-27(25,26)23(17-8-7-15(19)13-16(17)20)14-18(24)21-9-6-12-22-10-4-2-3-5-11-22/h7-8,13H,2-6,9-12,14H2,1H3,(H,21,24). The van der Waals surface area contributed by atoms with Crippen LogP contribution >= 0.6 is 23.2 Å². The number of likely N-dealkylation sites (tertiary alicyclic amines) is 1. The molecular weight excluding hydrogens is 409 g/mol. The second kappa shape index (κ2) is 10.5. The van der Waals surface area contributed by atoms with Gasteiger partial charge in [-0.05, 0) is 57.1 Å². The molecule has 0 unspecified atom stereocenters. The van der Waals surface area contributed by atoms with Gasteiger partial charge in [-0.25, -0.2) is 8.42 Å². The van der Waals surface area contributed by atoms with E-state index < -0.39 is 10.0 Å². The Labute approximate surface area is 171 Å². The Morgan fingerprint density at radius 3 is 2.44 bits per heavy atom. The molecule has 0 aliphatic carbocycles. The van der Waals surface area contributed by atoms with Gasteiger partial charge in [0.25, 0.3) is 0 Å². The topological polar surface area (TPSA) is 69.7 Å². The fraction of sp³-hybridized carbons (Fsp3) is 0.611. The number of rotatable bonds is 8. The number of carbonyl (C=O) groups excluding carboxylic acids is 1. The fourth-order valence-electron chi connectivity index (χ4n) is 3.14. The number of hydrogen-bond acceptors (Lipinski definition) is 4. The molecule has 1 heterocycles. The van der Waals surface area contributed by atoms with Crippen molar-refractivity contribution in [2.75, 3.05) is 43.3 Å². The van der Waals surface area contributed by atoms with E-state index in [0.717, 1.165) is 36.6 Å². The molecule has 1 fully saturated rings. The van der Waals surface area contributed by atoms with Gasteiger partial charge < -0.3 is 10.2 Å². The van der Waals surface area contributed by atoms with Gasteiger partial charge >= 0.3 is 0 Å². The van der Waals surface area contributed by atoms with Crippen LogP contribution in [-0.2, 0) is 14.8 Å². The van der Waals surface area contributed by atoms with E-state index in [1.165, 1.54) is 37.8 Å². The summed E-state index contributed by atoms with van der Waals surface area (Å²) in [6, 6.07) is 4.49. The molecule has 0 bridgehead atoms. The summed E-state index contributed by atoms with van der Waals surface area (Å²) in [4.78, 5) is 14.7. The minimum atomic E-state index is -3.66. The molecule has 1 aromatic carbocycles. The van der Waals surface area contributed by atoms with Crippen molar-refractivity contribution in [2.45, 2.75) is 32.1 Å². The van der Waals surface area contributed by atoms with Crippen molar-refractivity contribution in [3.05, 3.63) is 28.2 Å². The van der Waals surface area contributed by atoms with E-state index in [0.29, 0.717) is 11.6 Å². The predicted molar refractivity (Wildman–Crippen MR) is 111 cm³/mol. The second-order valence-corrected chi connectivity index (χ2v) is 9.58. The zero-order valence-electron chi connectivity index (χ0n) is 15.6. The molecule has 0 radical (unpaired) electrons. The van der Waals surface area contributed by atoms with E-state index in [1.54, 1.807) is 6.07 Å².